The van der Waals surface area contributed by atoms with Crippen LogP contribution in [0.25, 0.3) is 0 Å². The zero-order valence-electron chi connectivity index (χ0n) is 9.19. The lowest BCUT2D eigenvalue weighted by atomic mass is 9.93. The lowest BCUT2D eigenvalue weighted by Gasteiger charge is -2.20. The third-order valence-electron chi connectivity index (χ3n) is 3.30. The molecule has 0 spiro atoms. The van der Waals surface area contributed by atoms with E-state index in [1.807, 2.05) is 6.08 Å². The zero-order chi connectivity index (χ0) is 11.5. The number of carbonyl (C=O) groups is 2. The SMILES string of the molecule is O=C(NC(C(=O)O)C1CC1)C1CC=CCC1. The Balaban J connectivity index is 1.89. The normalized spacial score (nSPS) is 26.1. The fourth-order valence-corrected chi connectivity index (χ4v) is 2.11. The highest BCUT2D eigenvalue weighted by Crippen LogP contribution is 2.33. The van der Waals surface area contributed by atoms with E-state index in [0.29, 0.717) is 0 Å². The summed E-state index contributed by atoms with van der Waals surface area (Å²) in [6, 6.07) is -0.668. The highest BCUT2D eigenvalue weighted by Gasteiger charge is 2.38. The van der Waals surface area contributed by atoms with Crippen molar-refractivity contribution in [3.8, 4) is 0 Å². The van der Waals surface area contributed by atoms with Gasteiger partial charge in [0.2, 0.25) is 5.91 Å². The minimum atomic E-state index is -0.901. The summed E-state index contributed by atoms with van der Waals surface area (Å²) in [6.45, 7) is 0. The maximum Gasteiger partial charge on any atom is 0.326 e. The molecule has 2 rings (SSSR count). The van der Waals surface area contributed by atoms with Crippen LogP contribution in [0.15, 0.2) is 12.2 Å². The first-order valence-electron chi connectivity index (χ1n) is 5.86. The molecule has 2 atom stereocenters. The van der Waals surface area contributed by atoms with E-state index in [4.69, 9.17) is 5.11 Å². The van der Waals surface area contributed by atoms with Crippen molar-refractivity contribution in [1.82, 2.24) is 5.32 Å². The Labute approximate surface area is 94.7 Å². The van der Waals surface area contributed by atoms with Crippen LogP contribution in [0.5, 0.6) is 0 Å². The third kappa shape index (κ3) is 2.62. The molecule has 0 bridgehead atoms. The van der Waals surface area contributed by atoms with Crippen LogP contribution in [0.4, 0.5) is 0 Å². The van der Waals surface area contributed by atoms with Crippen molar-refractivity contribution in [2.75, 3.05) is 0 Å². The van der Waals surface area contributed by atoms with Gasteiger partial charge in [-0.25, -0.2) is 4.79 Å². The van der Waals surface area contributed by atoms with Gasteiger partial charge in [0.15, 0.2) is 0 Å². The molecule has 0 radical (unpaired) electrons. The molecule has 0 aromatic carbocycles. The molecule has 2 N–H and O–H groups in total. The lowest BCUT2D eigenvalue weighted by Crippen LogP contribution is -2.45. The number of amides is 1. The van der Waals surface area contributed by atoms with Crippen LogP contribution in [0.1, 0.15) is 32.1 Å². The van der Waals surface area contributed by atoms with Crippen molar-refractivity contribution in [3.63, 3.8) is 0 Å². The number of hydrogen-bond acceptors (Lipinski definition) is 2. The van der Waals surface area contributed by atoms with Gasteiger partial charge in [-0.2, -0.15) is 0 Å². The summed E-state index contributed by atoms with van der Waals surface area (Å²) >= 11 is 0. The van der Waals surface area contributed by atoms with Gasteiger partial charge in [-0.05, 0) is 38.0 Å². The van der Waals surface area contributed by atoms with E-state index in [9.17, 15) is 9.59 Å². The van der Waals surface area contributed by atoms with Crippen molar-refractivity contribution in [2.45, 2.75) is 38.1 Å². The van der Waals surface area contributed by atoms with E-state index in [-0.39, 0.29) is 17.7 Å². The quantitative estimate of drug-likeness (QED) is 0.706. The molecular formula is C12H17NO3. The molecule has 1 fully saturated rings. The van der Waals surface area contributed by atoms with E-state index in [2.05, 4.69) is 11.4 Å². The van der Waals surface area contributed by atoms with E-state index in [1.165, 1.54) is 0 Å². The van der Waals surface area contributed by atoms with Crippen LogP contribution in [0.2, 0.25) is 0 Å². The Morgan fingerprint density at radius 2 is 2.00 bits per heavy atom. The number of carboxylic acid groups (broad SMARTS) is 1. The minimum Gasteiger partial charge on any atom is -0.480 e. The van der Waals surface area contributed by atoms with Crippen LogP contribution < -0.4 is 5.32 Å². The molecule has 4 nitrogen and oxygen atoms in total. The first kappa shape index (κ1) is 11.2. The van der Waals surface area contributed by atoms with Gasteiger partial charge in [0.05, 0.1) is 0 Å². The van der Waals surface area contributed by atoms with Gasteiger partial charge >= 0.3 is 5.97 Å². The molecule has 1 amide bonds. The fraction of sp³-hybridized carbons (Fsp3) is 0.667. The number of aliphatic carboxylic acids is 1. The Morgan fingerprint density at radius 1 is 1.25 bits per heavy atom. The molecule has 0 saturated heterocycles. The lowest BCUT2D eigenvalue weighted by molar-refractivity contribution is -0.143. The predicted octanol–water partition coefficient (Wildman–Crippen LogP) is 1.32. The second-order valence-electron chi connectivity index (χ2n) is 4.64. The number of nitrogens with one attached hydrogen (secondary N) is 1. The van der Waals surface area contributed by atoms with Crippen molar-refractivity contribution < 1.29 is 14.7 Å². The average molecular weight is 223 g/mol. The van der Waals surface area contributed by atoms with Crippen molar-refractivity contribution in [3.05, 3.63) is 12.2 Å². The summed E-state index contributed by atoms with van der Waals surface area (Å²) in [5, 5.41) is 11.7. The first-order chi connectivity index (χ1) is 7.68. The standard InChI is InChI=1S/C12H17NO3/c14-11(9-4-2-1-3-5-9)13-10(12(15)16)8-6-7-8/h1-2,8-10H,3-7H2,(H,13,14)(H,15,16). The summed E-state index contributed by atoms with van der Waals surface area (Å²) in [4.78, 5) is 22.8. The highest BCUT2D eigenvalue weighted by molar-refractivity contribution is 5.85. The van der Waals surface area contributed by atoms with Gasteiger partial charge in [0.25, 0.3) is 0 Å². The molecule has 16 heavy (non-hydrogen) atoms. The second-order valence-corrected chi connectivity index (χ2v) is 4.64. The number of allylic oxidation sites excluding steroid dienone is 2. The van der Waals surface area contributed by atoms with E-state index >= 15 is 0 Å². The van der Waals surface area contributed by atoms with E-state index in [1.54, 1.807) is 0 Å². The van der Waals surface area contributed by atoms with Crippen LogP contribution in [-0.2, 0) is 9.59 Å². The molecule has 2 unspecified atom stereocenters. The average Bonchev–Trinajstić information content (AvgIpc) is 3.10. The largest absolute Gasteiger partial charge is 0.480 e. The maximum absolute atomic E-state index is 11.8. The van der Waals surface area contributed by atoms with Gasteiger partial charge in [-0.1, -0.05) is 12.2 Å². The molecule has 2 aliphatic rings. The smallest absolute Gasteiger partial charge is 0.326 e. The van der Waals surface area contributed by atoms with Crippen molar-refractivity contribution in [2.24, 2.45) is 11.8 Å². The maximum atomic E-state index is 11.8. The minimum absolute atomic E-state index is 0.0365. The summed E-state index contributed by atoms with van der Waals surface area (Å²) in [5.41, 5.74) is 0. The van der Waals surface area contributed by atoms with E-state index < -0.39 is 12.0 Å². The second kappa shape index (κ2) is 4.68. The van der Waals surface area contributed by atoms with E-state index in [0.717, 1.165) is 32.1 Å². The highest BCUT2D eigenvalue weighted by atomic mass is 16.4. The molecule has 4 heteroatoms. The van der Waals surface area contributed by atoms with Crippen LogP contribution in [-0.4, -0.2) is 23.0 Å². The molecule has 1 saturated carbocycles. The summed E-state index contributed by atoms with van der Waals surface area (Å²) in [6.07, 6.45) is 8.39. The summed E-state index contributed by atoms with van der Waals surface area (Å²) in [7, 11) is 0. The zero-order valence-corrected chi connectivity index (χ0v) is 9.19. The number of carboxylic acids is 1. The Kier molecular flexibility index (Phi) is 3.27. The summed E-state index contributed by atoms with van der Waals surface area (Å²) in [5.74, 6) is -0.878. The van der Waals surface area contributed by atoms with Gasteiger partial charge in [0, 0.05) is 5.92 Å². The fourth-order valence-electron chi connectivity index (χ4n) is 2.11. The first-order valence-corrected chi connectivity index (χ1v) is 5.86. The summed E-state index contributed by atoms with van der Waals surface area (Å²) < 4.78 is 0. The predicted molar refractivity (Wildman–Crippen MR) is 58.8 cm³/mol. The Hall–Kier alpha value is -1.32. The molecule has 0 aromatic heterocycles. The van der Waals surface area contributed by atoms with Crippen LogP contribution in [0, 0.1) is 11.8 Å². The van der Waals surface area contributed by atoms with Crippen molar-refractivity contribution >= 4 is 11.9 Å². The Morgan fingerprint density at radius 3 is 2.50 bits per heavy atom. The molecule has 0 aliphatic heterocycles. The monoisotopic (exact) mass is 223 g/mol. The topological polar surface area (TPSA) is 66.4 Å². The number of carbonyl (C=O) groups excluding carboxylic acids is 1. The van der Waals surface area contributed by atoms with Crippen LogP contribution >= 0.6 is 0 Å². The molecule has 0 heterocycles. The van der Waals surface area contributed by atoms with Gasteiger partial charge in [0.1, 0.15) is 6.04 Å². The van der Waals surface area contributed by atoms with Crippen molar-refractivity contribution in [1.29, 1.82) is 0 Å². The van der Waals surface area contributed by atoms with Gasteiger partial charge < -0.3 is 10.4 Å². The number of rotatable bonds is 4. The van der Waals surface area contributed by atoms with Gasteiger partial charge in [-0.15, -0.1) is 0 Å². The molecular weight excluding hydrogens is 206 g/mol. The molecule has 88 valence electrons. The third-order valence-corrected chi connectivity index (χ3v) is 3.30. The number of hydrogen-bond donors (Lipinski definition) is 2. The van der Waals surface area contributed by atoms with Gasteiger partial charge in [-0.3, -0.25) is 4.79 Å². The molecule has 2 aliphatic carbocycles. The Bertz CT molecular complexity index is 320. The van der Waals surface area contributed by atoms with Crippen LogP contribution in [0.3, 0.4) is 0 Å². The molecule has 0 aromatic rings.